The fraction of sp³-hybridized carbons (Fsp3) is 0.933. The number of carbonyl (C=O) groups excluding carboxylic acids is 1. The first-order valence-corrected chi connectivity index (χ1v) is 9.31. The van der Waals surface area contributed by atoms with Crippen LogP contribution in [0.2, 0.25) is 0 Å². The molecule has 124 valence electrons. The minimum absolute atomic E-state index is 0.290. The fourth-order valence-corrected chi connectivity index (χ4v) is 5.07. The molecular formula is C15H29NO4S. The maximum absolute atomic E-state index is 12.5. The van der Waals surface area contributed by atoms with Crippen molar-refractivity contribution in [2.45, 2.75) is 52.2 Å². The summed E-state index contributed by atoms with van der Waals surface area (Å²) < 4.78 is 32.5. The van der Waals surface area contributed by atoms with E-state index in [0.717, 1.165) is 6.42 Å². The van der Waals surface area contributed by atoms with Gasteiger partial charge in [-0.3, -0.25) is 4.79 Å². The van der Waals surface area contributed by atoms with Crippen molar-refractivity contribution in [1.82, 2.24) is 4.72 Å². The molecule has 21 heavy (non-hydrogen) atoms. The van der Waals surface area contributed by atoms with Crippen LogP contribution >= 0.6 is 0 Å². The summed E-state index contributed by atoms with van der Waals surface area (Å²) in [6.07, 6.45) is 1.88. The number of sulfonamides is 1. The van der Waals surface area contributed by atoms with E-state index >= 15 is 0 Å². The van der Waals surface area contributed by atoms with Crippen LogP contribution in [0.1, 0.15) is 47.0 Å². The Morgan fingerprint density at radius 1 is 1.19 bits per heavy atom. The number of rotatable bonds is 7. The third kappa shape index (κ3) is 4.68. The molecule has 0 bridgehead atoms. The van der Waals surface area contributed by atoms with Gasteiger partial charge in [-0.15, -0.1) is 0 Å². The highest BCUT2D eigenvalue weighted by molar-refractivity contribution is 7.90. The van der Waals surface area contributed by atoms with Crippen LogP contribution in [-0.2, 0) is 19.6 Å². The number of hydrogen-bond donors (Lipinski definition) is 1. The van der Waals surface area contributed by atoms with Crippen LogP contribution < -0.4 is 4.72 Å². The van der Waals surface area contributed by atoms with Gasteiger partial charge in [0, 0.05) is 6.54 Å². The van der Waals surface area contributed by atoms with Crippen LogP contribution in [0.15, 0.2) is 0 Å². The van der Waals surface area contributed by atoms with Crippen molar-refractivity contribution in [3.8, 4) is 0 Å². The van der Waals surface area contributed by atoms with Gasteiger partial charge < -0.3 is 4.74 Å². The minimum Gasteiger partial charge on any atom is -0.469 e. The van der Waals surface area contributed by atoms with Crippen molar-refractivity contribution in [2.75, 3.05) is 13.7 Å². The average Bonchev–Trinajstić information content (AvgIpc) is 2.86. The van der Waals surface area contributed by atoms with Gasteiger partial charge >= 0.3 is 5.97 Å². The highest BCUT2D eigenvalue weighted by Gasteiger charge is 2.42. The van der Waals surface area contributed by atoms with Crippen molar-refractivity contribution in [2.24, 2.45) is 23.7 Å². The maximum atomic E-state index is 12.5. The average molecular weight is 319 g/mol. The number of hydrogen-bond acceptors (Lipinski definition) is 4. The Morgan fingerprint density at radius 2 is 1.76 bits per heavy atom. The first kappa shape index (κ1) is 18.4. The van der Waals surface area contributed by atoms with E-state index < -0.39 is 27.2 Å². The van der Waals surface area contributed by atoms with E-state index in [1.54, 1.807) is 0 Å². The van der Waals surface area contributed by atoms with E-state index in [2.05, 4.69) is 32.4 Å². The van der Waals surface area contributed by atoms with Crippen molar-refractivity contribution in [3.05, 3.63) is 0 Å². The predicted molar refractivity (Wildman–Crippen MR) is 83.2 cm³/mol. The second-order valence-corrected chi connectivity index (χ2v) is 8.63. The fourth-order valence-electron chi connectivity index (χ4n) is 3.28. The molecule has 2 atom stereocenters. The van der Waals surface area contributed by atoms with Gasteiger partial charge in [-0.05, 0) is 30.6 Å². The van der Waals surface area contributed by atoms with Gasteiger partial charge in [0.25, 0.3) is 0 Å². The first-order valence-electron chi connectivity index (χ1n) is 7.77. The Balaban J connectivity index is 2.74. The summed E-state index contributed by atoms with van der Waals surface area (Å²) in [7, 11) is -2.17. The normalized spacial score (nSPS) is 23.2. The van der Waals surface area contributed by atoms with Gasteiger partial charge in [0.15, 0.2) is 0 Å². The zero-order valence-electron chi connectivity index (χ0n) is 13.8. The number of methoxy groups -OCH3 is 1. The van der Waals surface area contributed by atoms with E-state index in [4.69, 9.17) is 4.74 Å². The van der Waals surface area contributed by atoms with Crippen molar-refractivity contribution < 1.29 is 17.9 Å². The van der Waals surface area contributed by atoms with Gasteiger partial charge in [-0.25, -0.2) is 13.1 Å². The lowest BCUT2D eigenvalue weighted by atomic mass is 9.86. The summed E-state index contributed by atoms with van der Waals surface area (Å²) in [5.74, 6) is 0.175. The SMILES string of the molecule is COC(=O)C1CCCC1S(=O)(=O)NCC(C(C)C)C(C)C. The van der Waals surface area contributed by atoms with Crippen molar-refractivity contribution in [3.63, 3.8) is 0 Å². The molecule has 0 radical (unpaired) electrons. The van der Waals surface area contributed by atoms with Gasteiger partial charge in [0.05, 0.1) is 18.3 Å². The summed E-state index contributed by atoms with van der Waals surface area (Å²) in [6, 6.07) is 0. The summed E-state index contributed by atoms with van der Waals surface area (Å²) in [6.45, 7) is 8.84. The zero-order valence-corrected chi connectivity index (χ0v) is 14.6. The number of carbonyl (C=O) groups is 1. The van der Waals surface area contributed by atoms with E-state index in [0.29, 0.717) is 31.2 Å². The molecule has 0 aromatic carbocycles. The Hall–Kier alpha value is -0.620. The molecular weight excluding hydrogens is 290 g/mol. The van der Waals surface area contributed by atoms with Crippen molar-refractivity contribution >= 4 is 16.0 Å². The monoisotopic (exact) mass is 319 g/mol. The molecule has 0 amide bonds. The second-order valence-electron chi connectivity index (χ2n) is 6.64. The van der Waals surface area contributed by atoms with Crippen LogP contribution in [0, 0.1) is 23.7 Å². The quantitative estimate of drug-likeness (QED) is 0.730. The third-order valence-corrected chi connectivity index (χ3v) is 6.52. The van der Waals surface area contributed by atoms with Crippen LogP contribution in [0.25, 0.3) is 0 Å². The maximum Gasteiger partial charge on any atom is 0.310 e. The molecule has 0 heterocycles. The Morgan fingerprint density at radius 3 is 2.24 bits per heavy atom. The molecule has 5 nitrogen and oxygen atoms in total. The lowest BCUT2D eigenvalue weighted by Gasteiger charge is -2.26. The molecule has 0 aromatic heterocycles. The molecule has 1 saturated carbocycles. The summed E-state index contributed by atoms with van der Waals surface area (Å²) in [5.41, 5.74) is 0. The Bertz CT molecular complexity index is 437. The zero-order chi connectivity index (χ0) is 16.2. The minimum atomic E-state index is -3.48. The van der Waals surface area contributed by atoms with Gasteiger partial charge in [0.2, 0.25) is 10.0 Å². The molecule has 0 aromatic rings. The third-order valence-electron chi connectivity index (χ3n) is 4.59. The molecule has 0 saturated heterocycles. The van der Waals surface area contributed by atoms with Crippen LogP contribution in [0.3, 0.4) is 0 Å². The van der Waals surface area contributed by atoms with Crippen LogP contribution in [-0.4, -0.2) is 33.3 Å². The second kappa shape index (κ2) is 7.58. The Kier molecular flexibility index (Phi) is 6.66. The molecule has 2 unspecified atom stereocenters. The van der Waals surface area contributed by atoms with E-state index in [1.165, 1.54) is 7.11 Å². The molecule has 1 fully saturated rings. The summed E-state index contributed by atoms with van der Waals surface area (Å²) in [5, 5.41) is -0.648. The number of nitrogens with one attached hydrogen (secondary N) is 1. The molecule has 0 aliphatic heterocycles. The van der Waals surface area contributed by atoms with E-state index in [-0.39, 0.29) is 5.92 Å². The largest absolute Gasteiger partial charge is 0.469 e. The van der Waals surface area contributed by atoms with E-state index in [9.17, 15) is 13.2 Å². The van der Waals surface area contributed by atoms with E-state index in [1.807, 2.05) is 0 Å². The van der Waals surface area contributed by atoms with Gasteiger partial charge in [-0.1, -0.05) is 34.1 Å². The molecule has 0 spiro atoms. The molecule has 1 N–H and O–H groups in total. The first-order chi connectivity index (χ1) is 9.70. The lowest BCUT2D eigenvalue weighted by Crippen LogP contribution is -2.42. The van der Waals surface area contributed by atoms with Gasteiger partial charge in [-0.2, -0.15) is 0 Å². The predicted octanol–water partition coefficient (Wildman–Crippen LogP) is 2.18. The number of esters is 1. The smallest absolute Gasteiger partial charge is 0.310 e. The van der Waals surface area contributed by atoms with Crippen LogP contribution in [0.5, 0.6) is 0 Å². The standard InChI is InChI=1S/C15H29NO4S/c1-10(2)13(11(3)4)9-16-21(18,19)14-8-6-7-12(14)15(17)20-5/h10-14,16H,6-9H2,1-5H3. The molecule has 1 aliphatic rings. The Labute approximate surface area is 128 Å². The summed E-state index contributed by atoms with van der Waals surface area (Å²) >= 11 is 0. The lowest BCUT2D eigenvalue weighted by molar-refractivity contribution is -0.145. The molecule has 1 aliphatic carbocycles. The van der Waals surface area contributed by atoms with Crippen molar-refractivity contribution in [1.29, 1.82) is 0 Å². The topological polar surface area (TPSA) is 72.5 Å². The highest BCUT2D eigenvalue weighted by Crippen LogP contribution is 2.32. The van der Waals surface area contributed by atoms with Crippen LogP contribution in [0.4, 0.5) is 0 Å². The summed E-state index contributed by atoms with van der Waals surface area (Å²) in [4.78, 5) is 11.7. The highest BCUT2D eigenvalue weighted by atomic mass is 32.2. The molecule has 1 rings (SSSR count). The molecule has 6 heteroatoms. The van der Waals surface area contributed by atoms with Gasteiger partial charge in [0.1, 0.15) is 0 Å². The number of ether oxygens (including phenoxy) is 1.